The van der Waals surface area contributed by atoms with Crippen molar-refractivity contribution in [1.82, 2.24) is 19.6 Å². The second-order valence-corrected chi connectivity index (χ2v) is 8.03. The van der Waals surface area contributed by atoms with Crippen LogP contribution in [0.25, 0.3) is 10.9 Å². The molecule has 0 fully saturated rings. The van der Waals surface area contributed by atoms with E-state index in [2.05, 4.69) is 20.0 Å². The van der Waals surface area contributed by atoms with E-state index in [1.165, 1.54) is 17.0 Å². The lowest BCUT2D eigenvalue weighted by Crippen LogP contribution is -2.34. The van der Waals surface area contributed by atoms with Crippen LogP contribution in [-0.2, 0) is 21.4 Å². The first-order valence-electron chi connectivity index (χ1n) is 8.83. The van der Waals surface area contributed by atoms with Gasteiger partial charge >= 0.3 is 0 Å². The number of rotatable bonds is 5. The number of nitrogens with zero attached hydrogens (tertiary/aromatic N) is 3. The molecule has 1 aromatic heterocycles. The van der Waals surface area contributed by atoms with Crippen molar-refractivity contribution in [2.45, 2.75) is 11.4 Å². The van der Waals surface area contributed by atoms with E-state index >= 15 is 0 Å². The number of aliphatic imine (C=N–C) groups is 1. The molecule has 9 nitrogen and oxygen atoms in total. The summed E-state index contributed by atoms with van der Waals surface area (Å²) in [5.41, 5.74) is 0.792. The first-order valence-corrected chi connectivity index (χ1v) is 10.3. The molecule has 0 unspecified atom stereocenters. The summed E-state index contributed by atoms with van der Waals surface area (Å²) in [7, 11) is -3.58. The molecule has 29 heavy (non-hydrogen) atoms. The van der Waals surface area contributed by atoms with E-state index in [-0.39, 0.29) is 41.8 Å². The number of hydrogen-bond acceptors (Lipinski definition) is 6. The van der Waals surface area contributed by atoms with Gasteiger partial charge in [0.1, 0.15) is 12.4 Å². The molecule has 1 aliphatic rings. The highest BCUT2D eigenvalue weighted by atomic mass is 32.2. The molecule has 0 saturated heterocycles. The van der Waals surface area contributed by atoms with Crippen molar-refractivity contribution in [1.29, 1.82) is 0 Å². The zero-order valence-corrected chi connectivity index (χ0v) is 16.0. The lowest BCUT2D eigenvalue weighted by molar-refractivity contribution is -0.121. The summed E-state index contributed by atoms with van der Waals surface area (Å²) in [4.78, 5) is 33.1. The number of aromatic nitrogens is 2. The van der Waals surface area contributed by atoms with E-state index < -0.39 is 10.0 Å². The third-order valence-electron chi connectivity index (χ3n) is 4.41. The first kappa shape index (κ1) is 18.8. The van der Waals surface area contributed by atoms with Gasteiger partial charge in [-0.25, -0.2) is 13.4 Å². The summed E-state index contributed by atoms with van der Waals surface area (Å²) in [6.07, 6.45) is 1.34. The fourth-order valence-electron chi connectivity index (χ4n) is 3.04. The van der Waals surface area contributed by atoms with Crippen LogP contribution in [0.5, 0.6) is 0 Å². The molecule has 2 aromatic carbocycles. The van der Waals surface area contributed by atoms with Crippen LogP contribution in [0.3, 0.4) is 0 Å². The average molecular weight is 411 g/mol. The number of sulfonamides is 1. The van der Waals surface area contributed by atoms with Crippen LogP contribution in [0.15, 0.2) is 69.5 Å². The van der Waals surface area contributed by atoms with Gasteiger partial charge in [-0.1, -0.05) is 24.3 Å². The lowest BCUT2D eigenvalue weighted by Gasteiger charge is -2.07. The topological polar surface area (TPSA) is 123 Å². The molecule has 0 spiro atoms. The number of nitrogens with one attached hydrogen (secondary N) is 2. The van der Waals surface area contributed by atoms with Crippen molar-refractivity contribution in [2.24, 2.45) is 4.99 Å². The Bertz CT molecular complexity index is 1300. The standard InChI is InChI=1S/C19H17N5O4S/c25-17(11-24-12-22-15-7-3-1-5-13(15)19(24)26)20-9-10-21-18-14-6-2-4-8-16(14)29(27,28)23-18/h1-8,12H,9-11H2,(H,20,25)(H,21,23). The molecule has 4 rings (SSSR count). The summed E-state index contributed by atoms with van der Waals surface area (Å²) in [5, 5.41) is 3.11. The zero-order valence-electron chi connectivity index (χ0n) is 15.2. The van der Waals surface area contributed by atoms with Gasteiger partial charge in [0.15, 0.2) is 0 Å². The molecule has 0 aliphatic carbocycles. The predicted octanol–water partition coefficient (Wildman–Crippen LogP) is 0.251. The normalized spacial score (nSPS) is 15.8. The fraction of sp³-hybridized carbons (Fsp3) is 0.158. The van der Waals surface area contributed by atoms with Crippen LogP contribution < -0.4 is 15.6 Å². The molecule has 0 saturated carbocycles. The maximum absolute atomic E-state index is 12.4. The van der Waals surface area contributed by atoms with Crippen molar-refractivity contribution in [3.63, 3.8) is 0 Å². The molecule has 0 bridgehead atoms. The number of benzene rings is 2. The molecule has 2 N–H and O–H groups in total. The van der Waals surface area contributed by atoms with E-state index in [9.17, 15) is 18.0 Å². The van der Waals surface area contributed by atoms with Crippen LogP contribution in [0.4, 0.5) is 0 Å². The third-order valence-corrected chi connectivity index (χ3v) is 5.81. The van der Waals surface area contributed by atoms with E-state index in [0.29, 0.717) is 16.5 Å². The van der Waals surface area contributed by atoms with Gasteiger partial charge in [-0.2, -0.15) is 0 Å². The fourth-order valence-corrected chi connectivity index (χ4v) is 4.29. The highest BCUT2D eigenvalue weighted by Gasteiger charge is 2.29. The van der Waals surface area contributed by atoms with Gasteiger partial charge in [0.2, 0.25) is 5.91 Å². The molecule has 148 valence electrons. The smallest absolute Gasteiger partial charge is 0.263 e. The Morgan fingerprint density at radius 2 is 1.90 bits per heavy atom. The summed E-state index contributed by atoms with van der Waals surface area (Å²) >= 11 is 0. The summed E-state index contributed by atoms with van der Waals surface area (Å²) in [6.45, 7) is 0.216. The van der Waals surface area contributed by atoms with E-state index in [1.807, 2.05) is 0 Å². The number of carbonyl (C=O) groups excluding carboxylic acids is 1. The maximum atomic E-state index is 12.4. The number of carbonyl (C=O) groups is 1. The average Bonchev–Trinajstić information content (AvgIpc) is 2.98. The highest BCUT2D eigenvalue weighted by Crippen LogP contribution is 2.21. The van der Waals surface area contributed by atoms with Gasteiger partial charge in [-0.05, 0) is 24.3 Å². The van der Waals surface area contributed by atoms with Gasteiger partial charge in [0.05, 0.1) is 28.7 Å². The van der Waals surface area contributed by atoms with Crippen LogP contribution in [0.2, 0.25) is 0 Å². The van der Waals surface area contributed by atoms with Crippen molar-refractivity contribution >= 4 is 32.7 Å². The van der Waals surface area contributed by atoms with E-state index in [4.69, 9.17) is 0 Å². The van der Waals surface area contributed by atoms with Crippen molar-refractivity contribution < 1.29 is 13.2 Å². The number of amides is 1. The number of para-hydroxylation sites is 1. The SMILES string of the molecule is O=C(Cn1cnc2ccccc2c1=O)NCCN=C1NS(=O)(=O)c2ccccc21. The third kappa shape index (κ3) is 3.74. The second-order valence-electron chi connectivity index (χ2n) is 6.38. The molecular formula is C19H17N5O4S. The molecule has 2 heterocycles. The minimum atomic E-state index is -3.58. The molecule has 0 radical (unpaired) electrons. The van der Waals surface area contributed by atoms with Gasteiger partial charge in [0, 0.05) is 12.1 Å². The highest BCUT2D eigenvalue weighted by molar-refractivity contribution is 7.90. The monoisotopic (exact) mass is 411 g/mol. The predicted molar refractivity (Wildman–Crippen MR) is 107 cm³/mol. The molecule has 10 heteroatoms. The van der Waals surface area contributed by atoms with Gasteiger partial charge in [-0.3, -0.25) is 23.9 Å². The lowest BCUT2D eigenvalue weighted by atomic mass is 10.2. The van der Waals surface area contributed by atoms with Crippen LogP contribution >= 0.6 is 0 Å². The van der Waals surface area contributed by atoms with Crippen LogP contribution in [0.1, 0.15) is 5.56 Å². The number of amidine groups is 1. The Hall–Kier alpha value is -3.53. The van der Waals surface area contributed by atoms with E-state index in [1.54, 1.807) is 42.5 Å². The Morgan fingerprint density at radius 3 is 2.76 bits per heavy atom. The Labute approximate surface area is 166 Å². The Kier molecular flexibility index (Phi) is 4.85. The largest absolute Gasteiger partial charge is 0.353 e. The van der Waals surface area contributed by atoms with Crippen LogP contribution in [-0.4, -0.2) is 42.8 Å². The van der Waals surface area contributed by atoms with Crippen molar-refractivity contribution in [3.8, 4) is 0 Å². The number of hydrogen-bond donors (Lipinski definition) is 2. The van der Waals surface area contributed by atoms with Crippen LogP contribution in [0, 0.1) is 0 Å². The van der Waals surface area contributed by atoms with Gasteiger partial charge in [-0.15, -0.1) is 0 Å². The molecular weight excluding hydrogens is 394 g/mol. The number of fused-ring (bicyclic) bond motifs is 2. The summed E-state index contributed by atoms with van der Waals surface area (Å²) in [5.74, 6) is -0.110. The van der Waals surface area contributed by atoms with E-state index in [0.717, 1.165) is 0 Å². The molecule has 0 atom stereocenters. The summed E-state index contributed by atoms with van der Waals surface area (Å²) < 4.78 is 27.7. The van der Waals surface area contributed by atoms with Crippen molar-refractivity contribution in [2.75, 3.05) is 13.1 Å². The minimum absolute atomic E-state index is 0.164. The maximum Gasteiger partial charge on any atom is 0.263 e. The molecule has 1 aliphatic heterocycles. The second kappa shape index (κ2) is 7.47. The van der Waals surface area contributed by atoms with Crippen molar-refractivity contribution in [3.05, 3.63) is 70.8 Å². The summed E-state index contributed by atoms with van der Waals surface area (Å²) in [6, 6.07) is 13.5. The first-order chi connectivity index (χ1) is 14.0. The quantitative estimate of drug-likeness (QED) is 0.583. The van der Waals surface area contributed by atoms with Gasteiger partial charge < -0.3 is 5.32 Å². The molecule has 3 aromatic rings. The zero-order chi connectivity index (χ0) is 20.4. The minimum Gasteiger partial charge on any atom is -0.353 e. The molecule has 1 amide bonds. The van der Waals surface area contributed by atoms with Gasteiger partial charge in [0.25, 0.3) is 15.6 Å². The Morgan fingerprint density at radius 1 is 1.14 bits per heavy atom. The Balaban J connectivity index is 1.37.